The van der Waals surface area contributed by atoms with Crippen molar-refractivity contribution in [2.75, 3.05) is 21.0 Å². The molecule has 0 unspecified atom stereocenters. The number of ether oxygens (including phenoxy) is 3. The van der Waals surface area contributed by atoms with Gasteiger partial charge < -0.3 is 14.2 Å². The van der Waals surface area contributed by atoms with E-state index in [2.05, 4.69) is 20.7 Å². The largest absolute Gasteiger partial charge is 0.465 e. The lowest BCUT2D eigenvalue weighted by Crippen LogP contribution is -2.07. The van der Waals surface area contributed by atoms with Crippen LogP contribution in [0.1, 0.15) is 10.4 Å². The molecule has 0 amide bonds. The Hall–Kier alpha value is -1.07. The Morgan fingerprint density at radius 2 is 2.13 bits per heavy atom. The molecule has 82 valence electrons. The minimum atomic E-state index is -0.442. The van der Waals surface area contributed by atoms with Crippen LogP contribution >= 0.6 is 15.9 Å². The summed E-state index contributed by atoms with van der Waals surface area (Å²) in [5.41, 5.74) is 0.365. The minimum Gasteiger partial charge on any atom is -0.465 e. The molecule has 0 heterocycles. The van der Waals surface area contributed by atoms with Gasteiger partial charge in [-0.3, -0.25) is 0 Å². The Balaban J connectivity index is 3.03. The summed E-state index contributed by atoms with van der Waals surface area (Å²) in [6.45, 7) is 0.0760. The summed E-state index contributed by atoms with van der Waals surface area (Å²) in [6, 6.07) is 5.13. The van der Waals surface area contributed by atoms with E-state index in [1.807, 2.05) is 0 Å². The molecule has 0 N–H and O–H groups in total. The molecule has 0 aliphatic heterocycles. The van der Waals surface area contributed by atoms with Crippen LogP contribution in [0.3, 0.4) is 0 Å². The van der Waals surface area contributed by atoms with Crippen LogP contribution in [0.5, 0.6) is 5.75 Å². The highest BCUT2D eigenvalue weighted by Crippen LogP contribution is 2.29. The molecule has 0 radical (unpaired) electrons. The second kappa shape index (κ2) is 5.72. The molecule has 0 aromatic heterocycles. The third-order valence-electron chi connectivity index (χ3n) is 1.69. The Kier molecular flexibility index (Phi) is 4.58. The molecule has 4 nitrogen and oxygen atoms in total. The zero-order valence-electron chi connectivity index (χ0n) is 8.45. The first-order valence-corrected chi connectivity index (χ1v) is 4.98. The summed E-state index contributed by atoms with van der Waals surface area (Å²) in [4.78, 5) is 11.4. The topological polar surface area (TPSA) is 44.8 Å². The number of para-hydroxylation sites is 1. The number of hydrogen-bond acceptors (Lipinski definition) is 4. The lowest BCUT2D eigenvalue weighted by molar-refractivity contribution is 0.0460. The van der Waals surface area contributed by atoms with Gasteiger partial charge in [0.2, 0.25) is 0 Å². The molecule has 1 aromatic carbocycles. The van der Waals surface area contributed by atoms with Crippen LogP contribution < -0.4 is 4.74 Å². The lowest BCUT2D eigenvalue weighted by atomic mass is 10.2. The summed E-state index contributed by atoms with van der Waals surface area (Å²) >= 11 is 3.29. The average Bonchev–Trinajstić information content (AvgIpc) is 2.26. The maximum Gasteiger partial charge on any atom is 0.341 e. The second-order valence-corrected chi connectivity index (χ2v) is 3.51. The van der Waals surface area contributed by atoms with Gasteiger partial charge in [0.25, 0.3) is 0 Å². The van der Waals surface area contributed by atoms with Gasteiger partial charge >= 0.3 is 5.97 Å². The molecule has 0 aliphatic carbocycles. The van der Waals surface area contributed by atoms with E-state index < -0.39 is 5.97 Å². The van der Waals surface area contributed by atoms with E-state index in [0.717, 1.165) is 0 Å². The van der Waals surface area contributed by atoms with Crippen LogP contribution in [-0.4, -0.2) is 27.0 Å². The third-order valence-corrected chi connectivity index (χ3v) is 2.32. The van der Waals surface area contributed by atoms with Gasteiger partial charge in [-0.25, -0.2) is 4.79 Å². The summed E-state index contributed by atoms with van der Waals surface area (Å²) < 4.78 is 15.4. The van der Waals surface area contributed by atoms with Gasteiger partial charge in [-0.15, -0.1) is 0 Å². The van der Waals surface area contributed by atoms with Crippen molar-refractivity contribution in [3.8, 4) is 5.75 Å². The van der Waals surface area contributed by atoms with Gasteiger partial charge in [0.15, 0.2) is 12.5 Å². The van der Waals surface area contributed by atoms with Crippen molar-refractivity contribution in [2.24, 2.45) is 0 Å². The molecular weight excluding hydrogens is 264 g/mol. The Labute approximate surface area is 96.3 Å². The maximum absolute atomic E-state index is 11.4. The van der Waals surface area contributed by atoms with Crippen molar-refractivity contribution in [1.82, 2.24) is 0 Å². The number of hydrogen-bond donors (Lipinski definition) is 0. The van der Waals surface area contributed by atoms with Gasteiger partial charge in [-0.1, -0.05) is 6.07 Å². The van der Waals surface area contributed by atoms with Crippen molar-refractivity contribution < 1.29 is 19.0 Å². The van der Waals surface area contributed by atoms with Gasteiger partial charge in [-0.05, 0) is 28.1 Å². The van der Waals surface area contributed by atoms with Gasteiger partial charge in [0.1, 0.15) is 5.56 Å². The fraction of sp³-hybridized carbons (Fsp3) is 0.300. The number of benzene rings is 1. The maximum atomic E-state index is 11.4. The molecule has 0 saturated carbocycles. The van der Waals surface area contributed by atoms with Crippen LogP contribution in [0.4, 0.5) is 0 Å². The third kappa shape index (κ3) is 2.94. The SMILES string of the molecule is COCOc1c(Br)cccc1C(=O)OC. The molecule has 0 fully saturated rings. The van der Waals surface area contributed by atoms with E-state index in [1.165, 1.54) is 14.2 Å². The fourth-order valence-corrected chi connectivity index (χ4v) is 1.52. The molecule has 1 aromatic rings. The quantitative estimate of drug-likeness (QED) is 0.624. The number of methoxy groups -OCH3 is 2. The van der Waals surface area contributed by atoms with Crippen LogP contribution in [-0.2, 0) is 9.47 Å². The molecule has 0 atom stereocenters. The number of halogens is 1. The molecule has 0 aliphatic rings. The summed E-state index contributed by atoms with van der Waals surface area (Å²) in [7, 11) is 2.83. The van der Waals surface area contributed by atoms with E-state index in [0.29, 0.717) is 15.8 Å². The summed E-state index contributed by atoms with van der Waals surface area (Å²) in [5, 5.41) is 0. The van der Waals surface area contributed by atoms with Crippen LogP contribution in [0.2, 0.25) is 0 Å². The van der Waals surface area contributed by atoms with Crippen molar-refractivity contribution in [1.29, 1.82) is 0 Å². The summed E-state index contributed by atoms with van der Waals surface area (Å²) in [5.74, 6) is -0.0198. The first kappa shape index (κ1) is 12.0. The predicted molar refractivity (Wildman–Crippen MR) is 58.0 cm³/mol. The van der Waals surface area contributed by atoms with Crippen LogP contribution in [0, 0.1) is 0 Å². The van der Waals surface area contributed by atoms with E-state index in [1.54, 1.807) is 18.2 Å². The first-order chi connectivity index (χ1) is 7.20. The minimum absolute atomic E-state index is 0.0760. The highest BCUT2D eigenvalue weighted by atomic mass is 79.9. The monoisotopic (exact) mass is 274 g/mol. The number of carbonyl (C=O) groups excluding carboxylic acids is 1. The number of esters is 1. The molecule has 5 heteroatoms. The number of rotatable bonds is 4. The molecule has 15 heavy (non-hydrogen) atoms. The van der Waals surface area contributed by atoms with Crippen LogP contribution in [0.15, 0.2) is 22.7 Å². The van der Waals surface area contributed by atoms with E-state index in [9.17, 15) is 4.79 Å². The van der Waals surface area contributed by atoms with Crippen LogP contribution in [0.25, 0.3) is 0 Å². The standard InChI is InChI=1S/C10H11BrO4/c1-13-6-15-9-7(10(12)14-2)4-3-5-8(9)11/h3-5H,6H2,1-2H3. The predicted octanol–water partition coefficient (Wildman–Crippen LogP) is 2.22. The van der Waals surface area contributed by atoms with Crippen molar-refractivity contribution >= 4 is 21.9 Å². The number of carbonyl (C=O) groups is 1. The van der Waals surface area contributed by atoms with E-state index in [-0.39, 0.29) is 6.79 Å². The average molecular weight is 275 g/mol. The molecule has 0 bridgehead atoms. The van der Waals surface area contributed by atoms with E-state index >= 15 is 0 Å². The second-order valence-electron chi connectivity index (χ2n) is 2.66. The zero-order valence-corrected chi connectivity index (χ0v) is 10.0. The molecule has 1 rings (SSSR count). The zero-order chi connectivity index (χ0) is 11.3. The van der Waals surface area contributed by atoms with Crippen molar-refractivity contribution in [2.45, 2.75) is 0 Å². The highest BCUT2D eigenvalue weighted by molar-refractivity contribution is 9.10. The van der Waals surface area contributed by atoms with Gasteiger partial charge in [-0.2, -0.15) is 0 Å². The Bertz CT molecular complexity index is 351. The first-order valence-electron chi connectivity index (χ1n) is 4.19. The Morgan fingerprint density at radius 3 is 2.73 bits per heavy atom. The van der Waals surface area contributed by atoms with Crippen molar-refractivity contribution in [3.05, 3.63) is 28.2 Å². The molecular formula is C10H11BrO4. The van der Waals surface area contributed by atoms with Crippen molar-refractivity contribution in [3.63, 3.8) is 0 Å². The highest BCUT2D eigenvalue weighted by Gasteiger charge is 2.15. The lowest BCUT2D eigenvalue weighted by Gasteiger charge is -2.10. The fourth-order valence-electron chi connectivity index (χ4n) is 1.04. The normalized spacial score (nSPS) is 9.80. The molecule has 0 spiro atoms. The van der Waals surface area contributed by atoms with E-state index in [4.69, 9.17) is 9.47 Å². The Morgan fingerprint density at radius 1 is 1.40 bits per heavy atom. The molecule has 0 saturated heterocycles. The summed E-state index contributed by atoms with van der Waals surface area (Å²) in [6.07, 6.45) is 0. The smallest absolute Gasteiger partial charge is 0.341 e. The van der Waals surface area contributed by atoms with Gasteiger partial charge in [0, 0.05) is 7.11 Å². The van der Waals surface area contributed by atoms with Gasteiger partial charge in [0.05, 0.1) is 11.6 Å².